The summed E-state index contributed by atoms with van der Waals surface area (Å²) >= 11 is 0. The van der Waals surface area contributed by atoms with Gasteiger partial charge in [0.2, 0.25) is 0 Å². The molecule has 0 aliphatic heterocycles. The van der Waals surface area contributed by atoms with Crippen LogP contribution in [0.25, 0.3) is 11.0 Å². The molecule has 5 nitrogen and oxygen atoms in total. The average Bonchev–Trinajstić information content (AvgIpc) is 3.13. The van der Waals surface area contributed by atoms with Crippen molar-refractivity contribution in [2.45, 2.75) is 32.1 Å². The van der Waals surface area contributed by atoms with Crippen LogP contribution >= 0.6 is 0 Å². The van der Waals surface area contributed by atoms with E-state index < -0.39 is 5.41 Å². The molecule has 0 bridgehead atoms. The third kappa shape index (κ3) is 2.76. The van der Waals surface area contributed by atoms with Gasteiger partial charge in [0.05, 0.1) is 11.1 Å². The van der Waals surface area contributed by atoms with E-state index in [-0.39, 0.29) is 11.5 Å². The third-order valence-corrected chi connectivity index (χ3v) is 5.19. The Morgan fingerprint density at radius 1 is 0.889 bits per heavy atom. The molecule has 0 unspecified atom stereocenters. The fourth-order valence-corrected chi connectivity index (χ4v) is 3.55. The maximum Gasteiger partial charge on any atom is 0.279 e. The second-order valence-electron chi connectivity index (χ2n) is 7.26. The fourth-order valence-electron chi connectivity index (χ4n) is 3.55. The number of hydrogen-bond acceptors (Lipinski definition) is 3. The van der Waals surface area contributed by atoms with Crippen molar-refractivity contribution in [2.75, 3.05) is 0 Å². The van der Waals surface area contributed by atoms with E-state index in [1.54, 1.807) is 0 Å². The Kier molecular flexibility index (Phi) is 4.15. The van der Waals surface area contributed by atoms with E-state index in [1.807, 2.05) is 36.4 Å². The van der Waals surface area contributed by atoms with Gasteiger partial charge in [-0.3, -0.25) is 9.89 Å². The minimum Gasteiger partial charge on any atom is -0.308 e. The molecule has 4 aromatic rings. The first kappa shape index (κ1) is 17.2. The molecular weight excluding hydrogens is 336 g/mol. The van der Waals surface area contributed by atoms with E-state index in [9.17, 15) is 4.79 Å². The monoisotopic (exact) mass is 358 g/mol. The molecule has 4 rings (SSSR count). The Balaban J connectivity index is 2.04. The first-order chi connectivity index (χ1) is 13.0. The molecule has 0 atom stereocenters. The van der Waals surface area contributed by atoms with E-state index in [0.29, 0.717) is 16.9 Å². The lowest BCUT2D eigenvalue weighted by Gasteiger charge is -2.30. The van der Waals surface area contributed by atoms with Gasteiger partial charge in [-0.2, -0.15) is 5.10 Å². The number of fused-ring (bicyclic) bond motifs is 1. The van der Waals surface area contributed by atoms with Crippen molar-refractivity contribution in [3.05, 3.63) is 93.7 Å². The predicted octanol–water partition coefficient (Wildman–Crippen LogP) is 4.12. The van der Waals surface area contributed by atoms with Crippen LogP contribution in [0.5, 0.6) is 0 Å². The summed E-state index contributed by atoms with van der Waals surface area (Å²) in [6.45, 7) is 6.21. The van der Waals surface area contributed by atoms with Gasteiger partial charge >= 0.3 is 0 Å². The Morgan fingerprint density at radius 3 is 1.96 bits per heavy atom. The maximum atomic E-state index is 12.8. The molecule has 0 fully saturated rings. The molecule has 136 valence electrons. The van der Waals surface area contributed by atoms with Gasteiger partial charge in [-0.15, -0.1) is 0 Å². The second kappa shape index (κ2) is 6.50. The van der Waals surface area contributed by atoms with Crippen molar-refractivity contribution in [1.82, 2.24) is 20.2 Å². The fraction of sp³-hybridized carbons (Fsp3) is 0.227. The summed E-state index contributed by atoms with van der Waals surface area (Å²) in [5.41, 5.74) is 3.17. The lowest BCUT2D eigenvalue weighted by Crippen LogP contribution is -2.30. The highest BCUT2D eigenvalue weighted by Crippen LogP contribution is 2.37. The van der Waals surface area contributed by atoms with E-state index in [4.69, 9.17) is 4.98 Å². The highest BCUT2D eigenvalue weighted by molar-refractivity contribution is 5.76. The zero-order chi connectivity index (χ0) is 19.0. The molecule has 2 aromatic heterocycles. The molecule has 0 radical (unpaired) electrons. The Bertz CT molecular complexity index is 1090. The van der Waals surface area contributed by atoms with Crippen LogP contribution in [0.3, 0.4) is 0 Å². The van der Waals surface area contributed by atoms with Gasteiger partial charge in [-0.1, -0.05) is 74.5 Å². The number of hydrogen-bond donors (Lipinski definition) is 2. The van der Waals surface area contributed by atoms with E-state index in [2.05, 4.69) is 60.2 Å². The molecular formula is C22H22N4O. The van der Waals surface area contributed by atoms with Gasteiger partial charge in [0, 0.05) is 0 Å². The van der Waals surface area contributed by atoms with Crippen molar-refractivity contribution in [1.29, 1.82) is 0 Å². The lowest BCUT2D eigenvalue weighted by molar-refractivity contribution is 0.635. The van der Waals surface area contributed by atoms with Crippen LogP contribution in [0.4, 0.5) is 0 Å². The molecule has 2 N–H and O–H groups in total. The molecule has 0 aliphatic rings. The Morgan fingerprint density at radius 2 is 1.44 bits per heavy atom. The number of rotatable bonds is 4. The molecule has 0 amide bonds. The number of benzene rings is 2. The molecule has 0 saturated carbocycles. The summed E-state index contributed by atoms with van der Waals surface area (Å²) in [5, 5.41) is 7.16. The van der Waals surface area contributed by atoms with Crippen LogP contribution in [0, 0.1) is 0 Å². The number of aromatic amines is 2. The van der Waals surface area contributed by atoms with Crippen LogP contribution in [-0.2, 0) is 5.41 Å². The largest absolute Gasteiger partial charge is 0.308 e. The first-order valence-electron chi connectivity index (χ1n) is 9.11. The predicted molar refractivity (Wildman–Crippen MR) is 107 cm³/mol. The smallest absolute Gasteiger partial charge is 0.279 e. The van der Waals surface area contributed by atoms with Crippen LogP contribution in [0.1, 0.15) is 49.3 Å². The van der Waals surface area contributed by atoms with E-state index in [1.165, 1.54) is 0 Å². The standard InChI is InChI=1S/C22H22N4O/c1-14(2)17-18-19(26-25-17)20(27)24-21(23-18)22(3,15-10-6-4-7-11-15)16-12-8-5-9-13-16/h4-14H,1-3H3,(H,25,26)(H,23,24,27). The van der Waals surface area contributed by atoms with Crippen LogP contribution in [0.2, 0.25) is 0 Å². The molecule has 27 heavy (non-hydrogen) atoms. The number of nitrogens with one attached hydrogen (secondary N) is 2. The van der Waals surface area contributed by atoms with Crippen LogP contribution in [0.15, 0.2) is 65.5 Å². The summed E-state index contributed by atoms with van der Waals surface area (Å²) in [6.07, 6.45) is 0. The van der Waals surface area contributed by atoms with Crippen molar-refractivity contribution >= 4 is 11.0 Å². The molecule has 0 spiro atoms. The summed E-state index contributed by atoms with van der Waals surface area (Å²) in [4.78, 5) is 20.7. The number of nitrogens with zero attached hydrogens (tertiary/aromatic N) is 2. The number of aromatic nitrogens is 4. The van der Waals surface area contributed by atoms with Gasteiger partial charge in [0.25, 0.3) is 5.56 Å². The molecule has 0 aliphatic carbocycles. The maximum absolute atomic E-state index is 12.8. The minimum absolute atomic E-state index is 0.192. The third-order valence-electron chi connectivity index (χ3n) is 5.19. The van der Waals surface area contributed by atoms with E-state index >= 15 is 0 Å². The second-order valence-corrected chi connectivity index (χ2v) is 7.26. The Labute approximate surface area is 157 Å². The van der Waals surface area contributed by atoms with Gasteiger partial charge in [-0.25, -0.2) is 4.98 Å². The van der Waals surface area contributed by atoms with Gasteiger partial charge in [0.15, 0.2) is 5.52 Å². The SMILES string of the molecule is CC(C)c1[nH]nc2c(=O)[nH]c(C(C)(c3ccccc3)c3ccccc3)nc12. The van der Waals surface area contributed by atoms with Crippen molar-refractivity contribution in [3.8, 4) is 0 Å². The normalized spacial score (nSPS) is 12.0. The zero-order valence-electron chi connectivity index (χ0n) is 15.7. The topological polar surface area (TPSA) is 74.4 Å². The van der Waals surface area contributed by atoms with Crippen molar-refractivity contribution in [2.24, 2.45) is 0 Å². The highest BCUT2D eigenvalue weighted by atomic mass is 16.1. The summed E-state index contributed by atoms with van der Waals surface area (Å²) in [5.74, 6) is 0.803. The Hall–Kier alpha value is -3.21. The van der Waals surface area contributed by atoms with E-state index in [0.717, 1.165) is 16.8 Å². The molecule has 5 heteroatoms. The summed E-state index contributed by atoms with van der Waals surface area (Å²) in [6, 6.07) is 20.3. The van der Waals surface area contributed by atoms with Gasteiger partial charge in [0.1, 0.15) is 11.3 Å². The highest BCUT2D eigenvalue weighted by Gasteiger charge is 2.34. The number of H-pyrrole nitrogens is 2. The quantitative estimate of drug-likeness (QED) is 0.576. The van der Waals surface area contributed by atoms with Crippen LogP contribution in [-0.4, -0.2) is 20.2 Å². The summed E-state index contributed by atoms with van der Waals surface area (Å²) < 4.78 is 0. The van der Waals surface area contributed by atoms with Gasteiger partial charge < -0.3 is 4.98 Å². The first-order valence-corrected chi connectivity index (χ1v) is 9.11. The summed E-state index contributed by atoms with van der Waals surface area (Å²) in [7, 11) is 0. The van der Waals surface area contributed by atoms with Crippen LogP contribution < -0.4 is 5.56 Å². The average molecular weight is 358 g/mol. The minimum atomic E-state index is -0.596. The molecule has 2 heterocycles. The van der Waals surface area contributed by atoms with Crippen molar-refractivity contribution in [3.63, 3.8) is 0 Å². The zero-order valence-corrected chi connectivity index (χ0v) is 15.7. The lowest BCUT2D eigenvalue weighted by atomic mass is 9.75. The molecule has 0 saturated heterocycles. The molecule has 2 aromatic carbocycles. The van der Waals surface area contributed by atoms with Crippen molar-refractivity contribution < 1.29 is 0 Å². The van der Waals surface area contributed by atoms with Gasteiger partial charge in [-0.05, 0) is 24.0 Å².